The molecular weight excluding hydrogens is 951 g/mol. The number of likely N-dealkylation sites (tertiary alicyclic amines) is 2. The minimum Gasteiger partial charge on any atom is -0.481 e. The highest BCUT2D eigenvalue weighted by Gasteiger charge is 2.37. The van der Waals surface area contributed by atoms with Crippen LogP contribution in [-0.2, 0) is 27.1 Å². The molecule has 5 heterocycles. The lowest BCUT2D eigenvalue weighted by molar-refractivity contribution is -0.134. The van der Waals surface area contributed by atoms with Crippen LogP contribution in [0.3, 0.4) is 0 Å². The molecule has 6 amide bonds. The van der Waals surface area contributed by atoms with Crippen molar-refractivity contribution in [1.29, 1.82) is 0 Å². The fraction of sp³-hybridized carbons (Fsp3) is 0.482. The van der Waals surface area contributed by atoms with Crippen molar-refractivity contribution in [2.75, 3.05) is 72.0 Å². The molecule has 4 aromatic carbocycles. The molecule has 0 aromatic heterocycles. The molecular formula is C56H74F2N8O8. The molecule has 400 valence electrons. The molecule has 3 saturated heterocycles. The van der Waals surface area contributed by atoms with Crippen molar-refractivity contribution in [2.45, 2.75) is 84.6 Å². The summed E-state index contributed by atoms with van der Waals surface area (Å²) in [5.41, 5.74) is 11.0. The first-order chi connectivity index (χ1) is 35.1. The van der Waals surface area contributed by atoms with Crippen molar-refractivity contribution in [3.05, 3.63) is 142 Å². The predicted octanol–water partition coefficient (Wildman–Crippen LogP) is 7.95. The average molecular weight is 1030 g/mol. The van der Waals surface area contributed by atoms with Gasteiger partial charge in [0.1, 0.15) is 22.8 Å². The van der Waals surface area contributed by atoms with Gasteiger partial charge in [-0.2, -0.15) is 0 Å². The lowest BCUT2D eigenvalue weighted by atomic mass is 9.88. The maximum absolute atomic E-state index is 13.5. The van der Waals surface area contributed by atoms with E-state index >= 15 is 0 Å². The topological polar surface area (TPSA) is 199 Å². The van der Waals surface area contributed by atoms with E-state index in [4.69, 9.17) is 25.1 Å². The number of ether oxygens (including phenoxy) is 2. The Labute approximate surface area is 433 Å². The number of halogens is 2. The predicted molar refractivity (Wildman–Crippen MR) is 278 cm³/mol. The average Bonchev–Trinajstić information content (AvgIpc) is 3.29. The molecule has 0 bridgehead atoms. The van der Waals surface area contributed by atoms with Crippen LogP contribution in [0.5, 0.6) is 0 Å². The number of rotatable bonds is 7. The Hall–Kier alpha value is -6.79. The van der Waals surface area contributed by atoms with Gasteiger partial charge in [0.2, 0.25) is 0 Å². The third kappa shape index (κ3) is 16.1. The number of nitrogens with one attached hydrogen (secondary N) is 3. The number of carboxylic acid groups (broad SMARTS) is 1. The lowest BCUT2D eigenvalue weighted by Crippen LogP contribution is -2.56. The molecule has 0 unspecified atom stereocenters. The highest BCUT2D eigenvalue weighted by Crippen LogP contribution is 2.37. The second-order valence-electron chi connectivity index (χ2n) is 21.3. The molecule has 74 heavy (non-hydrogen) atoms. The number of amides is 6. The Kier molecular flexibility index (Phi) is 19.4. The molecule has 18 heteroatoms. The number of carboxylic acids is 1. The van der Waals surface area contributed by atoms with E-state index in [1.165, 1.54) is 35.4 Å². The van der Waals surface area contributed by atoms with Crippen LogP contribution in [0.15, 0.2) is 97.1 Å². The van der Waals surface area contributed by atoms with Crippen LogP contribution in [0.2, 0.25) is 0 Å². The molecule has 5 aliphatic heterocycles. The summed E-state index contributed by atoms with van der Waals surface area (Å²) < 4.78 is 37.4. The van der Waals surface area contributed by atoms with E-state index in [2.05, 4.69) is 34.1 Å². The van der Waals surface area contributed by atoms with Gasteiger partial charge in [-0.05, 0) is 119 Å². The van der Waals surface area contributed by atoms with Gasteiger partial charge < -0.3 is 55.9 Å². The van der Waals surface area contributed by atoms with Gasteiger partial charge in [0.05, 0.1) is 12.1 Å². The first-order valence-electron chi connectivity index (χ1n) is 25.4. The summed E-state index contributed by atoms with van der Waals surface area (Å²) in [5.74, 6) is -0.208. The van der Waals surface area contributed by atoms with Gasteiger partial charge in [0.15, 0.2) is 0 Å². The largest absolute Gasteiger partial charge is 0.481 e. The van der Waals surface area contributed by atoms with Gasteiger partial charge in [-0.15, -0.1) is 0 Å². The van der Waals surface area contributed by atoms with Gasteiger partial charge >= 0.3 is 24.2 Å². The van der Waals surface area contributed by atoms with Crippen LogP contribution in [0, 0.1) is 29.4 Å². The van der Waals surface area contributed by atoms with Gasteiger partial charge in [-0.25, -0.2) is 28.0 Å². The van der Waals surface area contributed by atoms with Crippen molar-refractivity contribution in [3.8, 4) is 0 Å². The SMILES string of the molecule is CC(=O)O.CC(C)(C)OC(=O)N1CC(CN)C1.CC(C)(C)OC(=O)N1CC(CNC(=O)N2CCc3ccccc3[C@@H]2c2ccc(F)cc2)C1.O=C(NCC1CNC1)N1CCc2ccccc2[C@@H]1c1ccc(F)cc1. The number of hydrogen-bond donors (Lipinski definition) is 5. The second-order valence-corrected chi connectivity index (χ2v) is 21.3. The Morgan fingerprint density at radius 2 is 0.973 bits per heavy atom. The Morgan fingerprint density at radius 3 is 1.32 bits per heavy atom. The van der Waals surface area contributed by atoms with Crippen molar-refractivity contribution >= 4 is 30.2 Å². The molecule has 0 radical (unpaired) electrons. The van der Waals surface area contributed by atoms with Gasteiger partial charge in [-0.3, -0.25) is 4.79 Å². The number of aliphatic carboxylic acids is 1. The van der Waals surface area contributed by atoms with Crippen LogP contribution in [-0.4, -0.2) is 138 Å². The third-order valence-electron chi connectivity index (χ3n) is 13.0. The molecule has 5 aliphatic rings. The first kappa shape index (κ1) is 56.5. The van der Waals surface area contributed by atoms with E-state index < -0.39 is 17.2 Å². The normalized spacial score (nSPS) is 18.3. The van der Waals surface area contributed by atoms with Crippen LogP contribution in [0.4, 0.5) is 28.0 Å². The molecule has 2 atom stereocenters. The molecule has 4 aromatic rings. The zero-order valence-electron chi connectivity index (χ0n) is 43.7. The number of carbonyl (C=O) groups is 5. The number of nitrogens with zero attached hydrogens (tertiary/aromatic N) is 4. The number of nitrogens with two attached hydrogens (primary N) is 1. The van der Waals surface area contributed by atoms with Crippen molar-refractivity contribution in [1.82, 2.24) is 35.6 Å². The molecule has 0 aliphatic carbocycles. The zero-order valence-corrected chi connectivity index (χ0v) is 43.7. The van der Waals surface area contributed by atoms with Gasteiger partial charge in [0.25, 0.3) is 5.97 Å². The lowest BCUT2D eigenvalue weighted by Gasteiger charge is -2.41. The molecule has 6 N–H and O–H groups in total. The highest BCUT2D eigenvalue weighted by molar-refractivity contribution is 5.77. The van der Waals surface area contributed by atoms with Crippen molar-refractivity contribution < 1.29 is 47.3 Å². The van der Waals surface area contributed by atoms with Crippen LogP contribution < -0.4 is 21.7 Å². The Bertz CT molecular complexity index is 2520. The van der Waals surface area contributed by atoms with Crippen LogP contribution in [0.25, 0.3) is 0 Å². The van der Waals surface area contributed by atoms with Gasteiger partial charge in [0, 0.05) is 90.1 Å². The second kappa shape index (κ2) is 25.4. The quantitative estimate of drug-likeness (QED) is 0.121. The standard InChI is InChI=1S/C25H30FN3O3.C20H22FN3O.C9H18N2O2.C2H4O2/c1-25(2,3)32-24(31)28-15-17(16-28)14-27-23(30)29-13-12-18-6-4-5-7-21(18)22(29)19-8-10-20(26)11-9-19;21-17-7-5-16(6-8-17)19-18-4-2-1-3-15(18)9-10-24(19)20(25)23-13-14-11-22-12-14;1-9(2,3)13-8(12)11-5-7(4-10)6-11;1-2(3)4/h4-11,17,22H,12-16H2,1-3H3,(H,27,30);1-8,14,19,22H,9-13H2,(H,23,25);7H,4-6,10H2,1-3H3;1H3,(H,3,4)/t22-;19-;;/m00../s1. The van der Waals surface area contributed by atoms with E-state index in [9.17, 15) is 28.0 Å². The Balaban J connectivity index is 0.000000187. The summed E-state index contributed by atoms with van der Waals surface area (Å²) in [7, 11) is 0. The van der Waals surface area contributed by atoms with Crippen LogP contribution >= 0.6 is 0 Å². The summed E-state index contributed by atoms with van der Waals surface area (Å²) >= 11 is 0. The maximum Gasteiger partial charge on any atom is 0.410 e. The summed E-state index contributed by atoms with van der Waals surface area (Å²) in [6, 6.07) is 28.5. The first-order valence-corrected chi connectivity index (χ1v) is 25.4. The van der Waals surface area contributed by atoms with E-state index in [0.717, 1.165) is 68.2 Å². The zero-order chi connectivity index (χ0) is 53.7. The molecule has 9 rings (SSSR count). The van der Waals surface area contributed by atoms with E-state index in [1.54, 1.807) is 34.1 Å². The number of benzene rings is 4. The highest BCUT2D eigenvalue weighted by atomic mass is 19.1. The number of fused-ring (bicyclic) bond motifs is 2. The van der Waals surface area contributed by atoms with E-state index in [-0.39, 0.29) is 53.9 Å². The van der Waals surface area contributed by atoms with Crippen molar-refractivity contribution in [2.24, 2.45) is 23.5 Å². The van der Waals surface area contributed by atoms with Gasteiger partial charge in [-0.1, -0.05) is 72.8 Å². The fourth-order valence-electron chi connectivity index (χ4n) is 9.11. The molecule has 16 nitrogen and oxygen atoms in total. The molecule has 0 spiro atoms. The summed E-state index contributed by atoms with van der Waals surface area (Å²) in [6.07, 6.45) is 1.07. The van der Waals surface area contributed by atoms with Crippen LogP contribution in [0.1, 0.15) is 93.9 Å². The maximum atomic E-state index is 13.5. The summed E-state index contributed by atoms with van der Waals surface area (Å²) in [6.45, 7) is 19.8. The minimum absolute atomic E-state index is 0.0456. The third-order valence-corrected chi connectivity index (χ3v) is 13.0. The van der Waals surface area contributed by atoms with Crippen molar-refractivity contribution in [3.63, 3.8) is 0 Å². The molecule has 3 fully saturated rings. The van der Waals surface area contributed by atoms with E-state index in [1.807, 2.05) is 81.7 Å². The fourth-order valence-corrected chi connectivity index (χ4v) is 9.11. The summed E-state index contributed by atoms with van der Waals surface area (Å²) in [5, 5.41) is 16.7. The van der Waals surface area contributed by atoms with E-state index in [0.29, 0.717) is 57.6 Å². The monoisotopic (exact) mass is 1020 g/mol. The molecule has 0 saturated carbocycles. The summed E-state index contributed by atoms with van der Waals surface area (Å²) in [4.78, 5) is 65.5. The Morgan fingerprint density at radius 1 is 0.608 bits per heavy atom. The smallest absolute Gasteiger partial charge is 0.410 e. The number of urea groups is 2. The minimum atomic E-state index is -0.833. The number of hydrogen-bond acceptors (Lipinski definition) is 9. The number of carbonyl (C=O) groups excluding carboxylic acids is 4.